The van der Waals surface area contributed by atoms with Crippen molar-refractivity contribution >= 4 is 5.95 Å². The van der Waals surface area contributed by atoms with Crippen molar-refractivity contribution in [1.82, 2.24) is 15.3 Å². The largest absolute Gasteiger partial charge is 0.336 e. The number of aromatic nitrogens is 2. The average molecular weight is 220 g/mol. The summed E-state index contributed by atoms with van der Waals surface area (Å²) >= 11 is 0. The Balaban J connectivity index is 2.08. The summed E-state index contributed by atoms with van der Waals surface area (Å²) in [4.78, 5) is 11.2. The summed E-state index contributed by atoms with van der Waals surface area (Å²) < 4.78 is 0. The molecule has 1 atom stereocenters. The molecule has 0 spiro atoms. The Hall–Kier alpha value is -1.16. The predicted molar refractivity (Wildman–Crippen MR) is 65.7 cm³/mol. The second-order valence-corrected chi connectivity index (χ2v) is 4.39. The van der Waals surface area contributed by atoms with Gasteiger partial charge in [-0.15, -0.1) is 0 Å². The lowest BCUT2D eigenvalue weighted by molar-refractivity contribution is 0.492. The van der Waals surface area contributed by atoms with E-state index in [2.05, 4.69) is 34.0 Å². The van der Waals surface area contributed by atoms with Gasteiger partial charge < -0.3 is 10.2 Å². The Morgan fingerprint density at radius 1 is 1.44 bits per heavy atom. The molecular formula is C12H20N4. The maximum atomic E-state index is 4.46. The van der Waals surface area contributed by atoms with Gasteiger partial charge in [0.2, 0.25) is 5.95 Å². The normalized spacial score (nSPS) is 21.1. The number of rotatable bonds is 3. The zero-order valence-corrected chi connectivity index (χ0v) is 10.1. The molecule has 0 aromatic carbocycles. The summed E-state index contributed by atoms with van der Waals surface area (Å²) in [6.07, 6.45) is 6.13. The van der Waals surface area contributed by atoms with Gasteiger partial charge in [0.1, 0.15) is 0 Å². The smallest absolute Gasteiger partial charge is 0.225 e. The molecule has 0 saturated carbocycles. The second kappa shape index (κ2) is 5.25. The van der Waals surface area contributed by atoms with Crippen molar-refractivity contribution in [2.75, 3.05) is 24.5 Å². The molecule has 1 fully saturated rings. The first-order valence-electron chi connectivity index (χ1n) is 6.09. The van der Waals surface area contributed by atoms with Crippen LogP contribution in [0.2, 0.25) is 0 Å². The summed E-state index contributed by atoms with van der Waals surface area (Å²) in [6.45, 7) is 7.40. The Morgan fingerprint density at radius 3 is 2.81 bits per heavy atom. The molecule has 4 heteroatoms. The highest BCUT2D eigenvalue weighted by molar-refractivity contribution is 5.32. The van der Waals surface area contributed by atoms with Gasteiger partial charge in [-0.2, -0.15) is 0 Å². The SMILES string of the molecule is CCCc1cnc(N2CCNCC2C)nc1. The quantitative estimate of drug-likeness (QED) is 0.832. The van der Waals surface area contributed by atoms with Gasteiger partial charge in [-0.1, -0.05) is 13.3 Å². The van der Waals surface area contributed by atoms with Crippen LogP contribution in [0.4, 0.5) is 5.95 Å². The van der Waals surface area contributed by atoms with E-state index in [1.54, 1.807) is 0 Å². The molecule has 88 valence electrons. The molecule has 1 unspecified atom stereocenters. The lowest BCUT2D eigenvalue weighted by atomic mass is 10.2. The van der Waals surface area contributed by atoms with E-state index in [0.717, 1.165) is 38.4 Å². The Labute approximate surface area is 97.1 Å². The zero-order valence-electron chi connectivity index (χ0n) is 10.1. The third-order valence-corrected chi connectivity index (χ3v) is 2.99. The van der Waals surface area contributed by atoms with Crippen LogP contribution in [0.25, 0.3) is 0 Å². The van der Waals surface area contributed by atoms with E-state index >= 15 is 0 Å². The van der Waals surface area contributed by atoms with Crippen LogP contribution in [0.3, 0.4) is 0 Å². The van der Waals surface area contributed by atoms with Gasteiger partial charge in [0, 0.05) is 38.1 Å². The molecule has 1 aliphatic rings. The third-order valence-electron chi connectivity index (χ3n) is 2.99. The Bertz CT molecular complexity index is 322. The molecule has 0 bridgehead atoms. The van der Waals surface area contributed by atoms with E-state index in [1.807, 2.05) is 12.4 Å². The van der Waals surface area contributed by atoms with Gasteiger partial charge in [-0.25, -0.2) is 9.97 Å². The monoisotopic (exact) mass is 220 g/mol. The van der Waals surface area contributed by atoms with Crippen molar-refractivity contribution in [2.24, 2.45) is 0 Å². The van der Waals surface area contributed by atoms with Gasteiger partial charge >= 0.3 is 0 Å². The summed E-state index contributed by atoms with van der Waals surface area (Å²) in [5.41, 5.74) is 1.23. The van der Waals surface area contributed by atoms with Crippen LogP contribution in [0.1, 0.15) is 25.8 Å². The van der Waals surface area contributed by atoms with E-state index in [4.69, 9.17) is 0 Å². The number of nitrogens with zero attached hydrogens (tertiary/aromatic N) is 3. The van der Waals surface area contributed by atoms with Crippen molar-refractivity contribution in [1.29, 1.82) is 0 Å². The number of aryl methyl sites for hydroxylation is 1. The summed E-state index contributed by atoms with van der Waals surface area (Å²) in [5.74, 6) is 0.869. The molecule has 1 aromatic heterocycles. The predicted octanol–water partition coefficient (Wildman–Crippen LogP) is 1.23. The number of anilines is 1. The molecule has 2 heterocycles. The molecule has 1 aliphatic heterocycles. The molecular weight excluding hydrogens is 200 g/mol. The van der Waals surface area contributed by atoms with E-state index in [1.165, 1.54) is 5.56 Å². The van der Waals surface area contributed by atoms with E-state index in [-0.39, 0.29) is 0 Å². The average Bonchev–Trinajstić information content (AvgIpc) is 2.31. The molecule has 2 rings (SSSR count). The van der Waals surface area contributed by atoms with Crippen LogP contribution in [0.15, 0.2) is 12.4 Å². The van der Waals surface area contributed by atoms with Crippen molar-refractivity contribution < 1.29 is 0 Å². The van der Waals surface area contributed by atoms with Crippen LogP contribution >= 0.6 is 0 Å². The number of hydrogen-bond donors (Lipinski definition) is 1. The highest BCUT2D eigenvalue weighted by Gasteiger charge is 2.19. The molecule has 4 nitrogen and oxygen atoms in total. The van der Waals surface area contributed by atoms with Crippen LogP contribution in [0, 0.1) is 0 Å². The first-order chi connectivity index (χ1) is 7.81. The lowest BCUT2D eigenvalue weighted by Gasteiger charge is -2.33. The van der Waals surface area contributed by atoms with Gasteiger partial charge in [0.15, 0.2) is 0 Å². The minimum Gasteiger partial charge on any atom is -0.336 e. The van der Waals surface area contributed by atoms with Crippen molar-refractivity contribution in [3.05, 3.63) is 18.0 Å². The lowest BCUT2D eigenvalue weighted by Crippen LogP contribution is -2.50. The molecule has 1 aromatic rings. The molecule has 1 saturated heterocycles. The highest BCUT2D eigenvalue weighted by atomic mass is 15.3. The number of piperazine rings is 1. The van der Waals surface area contributed by atoms with Crippen molar-refractivity contribution in [3.63, 3.8) is 0 Å². The molecule has 0 amide bonds. The fourth-order valence-electron chi connectivity index (χ4n) is 2.05. The van der Waals surface area contributed by atoms with Crippen LogP contribution < -0.4 is 10.2 Å². The topological polar surface area (TPSA) is 41.1 Å². The molecule has 0 radical (unpaired) electrons. The van der Waals surface area contributed by atoms with Crippen molar-refractivity contribution in [2.45, 2.75) is 32.7 Å². The minimum absolute atomic E-state index is 0.478. The summed E-state index contributed by atoms with van der Waals surface area (Å²) in [6, 6.07) is 0.478. The fraction of sp³-hybridized carbons (Fsp3) is 0.667. The Morgan fingerprint density at radius 2 is 2.19 bits per heavy atom. The van der Waals surface area contributed by atoms with Crippen molar-refractivity contribution in [3.8, 4) is 0 Å². The van der Waals surface area contributed by atoms with E-state index in [0.29, 0.717) is 6.04 Å². The first-order valence-corrected chi connectivity index (χ1v) is 6.09. The first kappa shape index (κ1) is 11.3. The maximum Gasteiger partial charge on any atom is 0.225 e. The number of nitrogens with one attached hydrogen (secondary N) is 1. The van der Waals surface area contributed by atoms with E-state index < -0.39 is 0 Å². The molecule has 0 aliphatic carbocycles. The second-order valence-electron chi connectivity index (χ2n) is 4.39. The maximum absolute atomic E-state index is 4.46. The van der Waals surface area contributed by atoms with Gasteiger partial charge in [0.25, 0.3) is 0 Å². The van der Waals surface area contributed by atoms with E-state index in [9.17, 15) is 0 Å². The van der Waals surface area contributed by atoms with Crippen LogP contribution in [-0.4, -0.2) is 35.6 Å². The van der Waals surface area contributed by atoms with Gasteiger partial charge in [0.05, 0.1) is 0 Å². The number of hydrogen-bond acceptors (Lipinski definition) is 4. The minimum atomic E-state index is 0.478. The highest BCUT2D eigenvalue weighted by Crippen LogP contribution is 2.12. The van der Waals surface area contributed by atoms with Gasteiger partial charge in [-0.3, -0.25) is 0 Å². The van der Waals surface area contributed by atoms with Gasteiger partial charge in [-0.05, 0) is 18.9 Å². The third kappa shape index (κ3) is 2.50. The molecule has 1 N–H and O–H groups in total. The van der Waals surface area contributed by atoms with Crippen LogP contribution in [-0.2, 0) is 6.42 Å². The fourth-order valence-corrected chi connectivity index (χ4v) is 2.05. The zero-order chi connectivity index (χ0) is 11.4. The molecule has 16 heavy (non-hydrogen) atoms. The Kier molecular flexibility index (Phi) is 3.72. The van der Waals surface area contributed by atoms with Crippen LogP contribution in [0.5, 0.6) is 0 Å². The standard InChI is InChI=1S/C12H20N4/c1-3-4-11-8-14-12(15-9-11)16-6-5-13-7-10(16)2/h8-10,13H,3-7H2,1-2H3. The summed E-state index contributed by atoms with van der Waals surface area (Å²) in [7, 11) is 0. The summed E-state index contributed by atoms with van der Waals surface area (Å²) in [5, 5.41) is 3.37.